The molecule has 0 heterocycles. The molecule has 0 aliphatic rings. The molecule has 0 amide bonds. The second-order valence-corrected chi connectivity index (χ2v) is 9.27. The Bertz CT molecular complexity index is 662. The van der Waals surface area contributed by atoms with Gasteiger partial charge in [-0.15, -0.1) is 0 Å². The van der Waals surface area contributed by atoms with E-state index in [0.717, 1.165) is 24.2 Å². The van der Waals surface area contributed by atoms with Gasteiger partial charge in [0, 0.05) is 3.57 Å². The largest absolute Gasteiger partial charge is 0.391 e. The molecule has 166 valence electrons. The third kappa shape index (κ3) is 10.3. The fraction of sp³-hybridized carbons (Fsp3) is 0.538. The van der Waals surface area contributed by atoms with Crippen LogP contribution in [0.4, 0.5) is 11.4 Å². The summed E-state index contributed by atoms with van der Waals surface area (Å²) in [6.07, 6.45) is 13.5. The number of benzene rings is 2. The van der Waals surface area contributed by atoms with E-state index in [0.29, 0.717) is 6.61 Å². The lowest BCUT2D eigenvalue weighted by molar-refractivity contribution is 0.0312. The Labute approximate surface area is 196 Å². The maximum Gasteiger partial charge on any atom is 0.101 e. The summed E-state index contributed by atoms with van der Waals surface area (Å²) in [7, 11) is 0. The molecule has 30 heavy (non-hydrogen) atoms. The number of hydrogen-bond acceptors (Lipinski definition) is 3. The Morgan fingerprint density at radius 1 is 0.767 bits per heavy atom. The quantitative estimate of drug-likeness (QED) is 0.137. The molecule has 4 heteroatoms. The maximum atomic E-state index is 10.4. The lowest BCUT2D eigenvalue weighted by Gasteiger charge is -2.25. The van der Waals surface area contributed by atoms with Crippen molar-refractivity contribution in [1.29, 1.82) is 0 Å². The van der Waals surface area contributed by atoms with E-state index >= 15 is 0 Å². The number of unbranched alkanes of at least 4 members (excludes halogenated alkanes) is 9. The highest BCUT2D eigenvalue weighted by atomic mass is 127. The first-order valence-electron chi connectivity index (χ1n) is 11.6. The van der Waals surface area contributed by atoms with E-state index in [1.54, 1.807) is 0 Å². The summed E-state index contributed by atoms with van der Waals surface area (Å²) >= 11 is 2.30. The number of hydrogen-bond donors (Lipinski definition) is 1. The third-order valence-corrected chi connectivity index (χ3v) is 6.06. The van der Waals surface area contributed by atoms with Crippen molar-refractivity contribution >= 4 is 34.0 Å². The van der Waals surface area contributed by atoms with Crippen LogP contribution in [0.5, 0.6) is 0 Å². The minimum Gasteiger partial charge on any atom is -0.391 e. The van der Waals surface area contributed by atoms with Gasteiger partial charge in [0.2, 0.25) is 0 Å². The van der Waals surface area contributed by atoms with Gasteiger partial charge in [-0.2, -0.15) is 0 Å². The molecule has 0 radical (unpaired) electrons. The van der Waals surface area contributed by atoms with E-state index in [4.69, 9.17) is 4.84 Å². The van der Waals surface area contributed by atoms with Crippen molar-refractivity contribution in [2.24, 2.45) is 0 Å². The van der Waals surface area contributed by atoms with E-state index in [-0.39, 0.29) is 0 Å². The van der Waals surface area contributed by atoms with Gasteiger partial charge in [0.25, 0.3) is 0 Å². The number of para-hydroxylation sites is 1. The Morgan fingerprint density at radius 2 is 1.30 bits per heavy atom. The molecular formula is C26H38INO2. The molecular weight excluding hydrogens is 485 g/mol. The topological polar surface area (TPSA) is 32.7 Å². The highest BCUT2D eigenvalue weighted by Gasteiger charge is 2.13. The molecule has 1 N–H and O–H groups in total. The minimum absolute atomic E-state index is 0.304. The number of halogens is 1. The molecule has 0 aromatic heterocycles. The second kappa shape index (κ2) is 15.7. The zero-order valence-electron chi connectivity index (χ0n) is 18.4. The Morgan fingerprint density at radius 3 is 1.90 bits per heavy atom. The van der Waals surface area contributed by atoms with Crippen molar-refractivity contribution in [3.05, 3.63) is 58.2 Å². The highest BCUT2D eigenvalue weighted by Crippen LogP contribution is 2.26. The molecule has 2 aromatic rings. The molecule has 0 saturated carbocycles. The van der Waals surface area contributed by atoms with E-state index in [9.17, 15) is 5.11 Å². The summed E-state index contributed by atoms with van der Waals surface area (Å²) in [5, 5.41) is 12.2. The van der Waals surface area contributed by atoms with Crippen molar-refractivity contribution in [3.8, 4) is 0 Å². The Kier molecular flexibility index (Phi) is 13.1. The fourth-order valence-corrected chi connectivity index (χ4v) is 3.91. The Hall–Kier alpha value is -1.11. The maximum absolute atomic E-state index is 10.4. The normalized spacial score (nSPS) is 12.1. The smallest absolute Gasteiger partial charge is 0.101 e. The number of aliphatic hydroxyl groups excluding tert-OH is 1. The van der Waals surface area contributed by atoms with Crippen LogP contribution in [0, 0.1) is 3.57 Å². The average molecular weight is 523 g/mol. The van der Waals surface area contributed by atoms with Crippen LogP contribution in [0.15, 0.2) is 54.6 Å². The van der Waals surface area contributed by atoms with Gasteiger partial charge < -0.3 is 5.11 Å². The van der Waals surface area contributed by atoms with Crippen LogP contribution in [0.3, 0.4) is 0 Å². The first-order chi connectivity index (χ1) is 14.7. The van der Waals surface area contributed by atoms with Crippen LogP contribution in [0.2, 0.25) is 0 Å². The van der Waals surface area contributed by atoms with Crippen LogP contribution in [0.25, 0.3) is 0 Å². The van der Waals surface area contributed by atoms with Gasteiger partial charge in [0.15, 0.2) is 0 Å². The minimum atomic E-state index is -0.436. The highest BCUT2D eigenvalue weighted by molar-refractivity contribution is 14.1. The van der Waals surface area contributed by atoms with Gasteiger partial charge in [-0.05, 0) is 65.4 Å². The van der Waals surface area contributed by atoms with Gasteiger partial charge in [0.05, 0.1) is 17.5 Å². The molecule has 2 rings (SSSR count). The SMILES string of the molecule is CCCCCCCCCCCCC(O)CON(c1ccccc1)c1ccc(I)cc1. The van der Waals surface area contributed by atoms with Crippen molar-refractivity contribution in [2.45, 2.75) is 83.7 Å². The van der Waals surface area contributed by atoms with Gasteiger partial charge in [-0.1, -0.05) is 89.3 Å². The molecule has 1 atom stereocenters. The molecule has 0 fully saturated rings. The molecule has 0 aliphatic heterocycles. The van der Waals surface area contributed by atoms with E-state index in [1.807, 2.05) is 47.5 Å². The second-order valence-electron chi connectivity index (χ2n) is 8.03. The van der Waals surface area contributed by atoms with Crippen molar-refractivity contribution in [1.82, 2.24) is 0 Å². The van der Waals surface area contributed by atoms with Crippen LogP contribution >= 0.6 is 22.6 Å². The van der Waals surface area contributed by atoms with E-state index in [1.165, 1.54) is 61.4 Å². The molecule has 0 saturated heterocycles. The van der Waals surface area contributed by atoms with Gasteiger partial charge >= 0.3 is 0 Å². The predicted molar refractivity (Wildman–Crippen MR) is 136 cm³/mol. The zero-order valence-corrected chi connectivity index (χ0v) is 20.6. The number of aliphatic hydroxyl groups is 1. The summed E-state index contributed by atoms with van der Waals surface area (Å²) in [6.45, 7) is 2.57. The van der Waals surface area contributed by atoms with Gasteiger partial charge in [-0.25, -0.2) is 5.06 Å². The fourth-order valence-electron chi connectivity index (χ4n) is 3.55. The van der Waals surface area contributed by atoms with Crippen LogP contribution < -0.4 is 5.06 Å². The Balaban J connectivity index is 1.67. The zero-order chi connectivity index (χ0) is 21.4. The molecule has 1 unspecified atom stereocenters. The first kappa shape index (κ1) is 25.2. The summed E-state index contributed by atoms with van der Waals surface area (Å²) in [5.41, 5.74) is 1.93. The predicted octanol–water partition coefficient (Wildman–Crippen LogP) is 8.03. The standard InChI is InChI=1S/C26H38INO2/c1-2-3-4-5-6-7-8-9-10-14-17-26(29)22-30-28(24-15-12-11-13-16-24)25-20-18-23(27)19-21-25/h11-13,15-16,18-21,26,29H,2-10,14,17,22H2,1H3. The van der Waals surface area contributed by atoms with Crippen molar-refractivity contribution in [2.75, 3.05) is 11.7 Å². The first-order valence-corrected chi connectivity index (χ1v) is 12.7. The summed E-state index contributed by atoms with van der Waals surface area (Å²) in [6, 6.07) is 18.3. The number of rotatable bonds is 16. The summed E-state index contributed by atoms with van der Waals surface area (Å²) in [4.78, 5) is 6.04. The monoisotopic (exact) mass is 523 g/mol. The van der Waals surface area contributed by atoms with Gasteiger partial charge in [-0.3, -0.25) is 4.84 Å². The molecule has 0 aliphatic carbocycles. The van der Waals surface area contributed by atoms with Gasteiger partial charge in [0.1, 0.15) is 6.61 Å². The van der Waals surface area contributed by atoms with E-state index in [2.05, 4.69) is 41.6 Å². The third-order valence-electron chi connectivity index (χ3n) is 5.34. The molecule has 3 nitrogen and oxygen atoms in total. The molecule has 0 bridgehead atoms. The van der Waals surface area contributed by atoms with Crippen LogP contribution in [-0.2, 0) is 4.84 Å². The molecule has 2 aromatic carbocycles. The summed E-state index contributed by atoms with van der Waals surface area (Å²) in [5.74, 6) is 0. The number of nitrogens with zero attached hydrogens (tertiary/aromatic N) is 1. The van der Waals surface area contributed by atoms with Crippen molar-refractivity contribution < 1.29 is 9.94 Å². The number of anilines is 2. The summed E-state index contributed by atoms with van der Waals surface area (Å²) < 4.78 is 1.19. The lowest BCUT2D eigenvalue weighted by atomic mass is 10.0. The van der Waals surface area contributed by atoms with Crippen molar-refractivity contribution in [3.63, 3.8) is 0 Å². The lowest BCUT2D eigenvalue weighted by Crippen LogP contribution is -2.25. The molecule has 0 spiro atoms. The van der Waals surface area contributed by atoms with E-state index < -0.39 is 6.10 Å². The van der Waals surface area contributed by atoms with Crippen LogP contribution in [0.1, 0.15) is 77.6 Å². The van der Waals surface area contributed by atoms with Crippen LogP contribution in [-0.4, -0.2) is 17.8 Å². The average Bonchev–Trinajstić information content (AvgIpc) is 2.77.